The van der Waals surface area contributed by atoms with E-state index in [9.17, 15) is 8.78 Å². The van der Waals surface area contributed by atoms with Crippen LogP contribution < -0.4 is 5.32 Å². The molecule has 1 aromatic carbocycles. The molecule has 1 nitrogen and oxygen atoms in total. The third-order valence-electron chi connectivity index (χ3n) is 3.27. The van der Waals surface area contributed by atoms with Crippen LogP contribution in [0.25, 0.3) is 0 Å². The Kier molecular flexibility index (Phi) is 4.42. The summed E-state index contributed by atoms with van der Waals surface area (Å²) in [5.41, 5.74) is 0.367. The topological polar surface area (TPSA) is 12.0 Å². The normalized spacial score (nSPS) is 11.8. The fourth-order valence-electron chi connectivity index (χ4n) is 1.49. The lowest BCUT2D eigenvalue weighted by Gasteiger charge is -2.28. The van der Waals surface area contributed by atoms with Crippen molar-refractivity contribution in [2.75, 3.05) is 0 Å². The van der Waals surface area contributed by atoms with Crippen molar-refractivity contribution in [3.8, 4) is 0 Å². The molecule has 0 unspecified atom stereocenters. The van der Waals surface area contributed by atoms with E-state index in [1.165, 1.54) is 12.1 Å². The van der Waals surface area contributed by atoms with E-state index in [0.29, 0.717) is 12.1 Å². The molecular weight excluding hydrogens is 208 g/mol. The molecule has 1 rings (SSSR count). The summed E-state index contributed by atoms with van der Waals surface area (Å²) in [5.74, 6) is -0.753. The number of rotatable bonds is 5. The summed E-state index contributed by atoms with van der Waals surface area (Å²) in [5, 5.41) is 3.27. The van der Waals surface area contributed by atoms with E-state index in [1.54, 1.807) is 0 Å². The predicted octanol–water partition coefficient (Wildman–Crippen LogP) is 3.63. The van der Waals surface area contributed by atoms with Crippen molar-refractivity contribution >= 4 is 0 Å². The Hall–Kier alpha value is -0.960. The van der Waals surface area contributed by atoms with Crippen LogP contribution in [-0.2, 0) is 6.54 Å². The Morgan fingerprint density at radius 3 is 2.38 bits per heavy atom. The second-order valence-electron chi connectivity index (χ2n) is 4.36. The molecule has 0 spiro atoms. The SMILES string of the molecule is CCC(C)(CC)NCc1cc(F)ccc1F. The minimum absolute atomic E-state index is 0.0151. The Morgan fingerprint density at radius 2 is 1.81 bits per heavy atom. The molecule has 0 aromatic heterocycles. The predicted molar refractivity (Wildman–Crippen MR) is 62.2 cm³/mol. The van der Waals surface area contributed by atoms with E-state index in [-0.39, 0.29) is 11.4 Å². The molecule has 0 atom stereocenters. The highest BCUT2D eigenvalue weighted by Crippen LogP contribution is 2.16. The van der Waals surface area contributed by atoms with Gasteiger partial charge in [0.1, 0.15) is 11.6 Å². The minimum atomic E-state index is -0.395. The van der Waals surface area contributed by atoms with Gasteiger partial charge in [0.15, 0.2) is 0 Å². The number of hydrogen-bond donors (Lipinski definition) is 1. The van der Waals surface area contributed by atoms with Crippen LogP contribution in [0.3, 0.4) is 0 Å². The van der Waals surface area contributed by atoms with Gasteiger partial charge in [0.2, 0.25) is 0 Å². The fraction of sp³-hybridized carbons (Fsp3) is 0.538. The second-order valence-corrected chi connectivity index (χ2v) is 4.36. The Morgan fingerprint density at radius 1 is 1.19 bits per heavy atom. The summed E-state index contributed by atoms with van der Waals surface area (Å²) in [6.45, 7) is 6.61. The van der Waals surface area contributed by atoms with Gasteiger partial charge in [0.25, 0.3) is 0 Å². The molecule has 0 amide bonds. The summed E-state index contributed by atoms with van der Waals surface area (Å²) in [6, 6.07) is 3.55. The maximum absolute atomic E-state index is 13.3. The van der Waals surface area contributed by atoms with Gasteiger partial charge in [-0.05, 0) is 38.0 Å². The first-order valence-electron chi connectivity index (χ1n) is 5.69. The maximum atomic E-state index is 13.3. The second kappa shape index (κ2) is 5.39. The average molecular weight is 227 g/mol. The molecule has 90 valence electrons. The standard InChI is InChI=1S/C13H19F2N/c1-4-13(3,5-2)16-9-10-8-11(14)6-7-12(10)15/h6-8,16H,4-5,9H2,1-3H3. The summed E-state index contributed by atoms with van der Waals surface area (Å²) in [7, 11) is 0. The molecule has 1 aromatic rings. The molecule has 0 fully saturated rings. The van der Waals surface area contributed by atoms with E-state index < -0.39 is 5.82 Å². The smallest absolute Gasteiger partial charge is 0.127 e. The lowest BCUT2D eigenvalue weighted by Crippen LogP contribution is -2.40. The van der Waals surface area contributed by atoms with Gasteiger partial charge >= 0.3 is 0 Å². The van der Waals surface area contributed by atoms with Crippen LogP contribution in [0.2, 0.25) is 0 Å². The van der Waals surface area contributed by atoms with Crippen LogP contribution in [0, 0.1) is 11.6 Å². The van der Waals surface area contributed by atoms with Crippen LogP contribution in [0.1, 0.15) is 39.2 Å². The van der Waals surface area contributed by atoms with Crippen molar-refractivity contribution in [1.82, 2.24) is 5.32 Å². The molecular formula is C13H19F2N. The Balaban J connectivity index is 2.70. The third-order valence-corrected chi connectivity index (χ3v) is 3.27. The van der Waals surface area contributed by atoms with Crippen molar-refractivity contribution in [2.24, 2.45) is 0 Å². The molecule has 0 saturated heterocycles. The van der Waals surface area contributed by atoms with E-state index in [0.717, 1.165) is 18.9 Å². The van der Waals surface area contributed by atoms with E-state index in [4.69, 9.17) is 0 Å². The lowest BCUT2D eigenvalue weighted by molar-refractivity contribution is 0.326. The minimum Gasteiger partial charge on any atom is -0.307 e. The molecule has 0 bridgehead atoms. The highest BCUT2D eigenvalue weighted by atomic mass is 19.1. The largest absolute Gasteiger partial charge is 0.307 e. The molecule has 0 radical (unpaired) electrons. The summed E-state index contributed by atoms with van der Waals surface area (Å²) in [6.07, 6.45) is 1.92. The molecule has 1 N–H and O–H groups in total. The van der Waals surface area contributed by atoms with Gasteiger partial charge in [0, 0.05) is 17.6 Å². The summed E-state index contributed by atoms with van der Waals surface area (Å²) in [4.78, 5) is 0. The van der Waals surface area contributed by atoms with Gasteiger partial charge in [0.05, 0.1) is 0 Å². The van der Waals surface area contributed by atoms with Crippen LogP contribution in [0.5, 0.6) is 0 Å². The highest BCUT2D eigenvalue weighted by molar-refractivity contribution is 5.18. The molecule has 0 heterocycles. The van der Waals surface area contributed by atoms with E-state index >= 15 is 0 Å². The van der Waals surface area contributed by atoms with Crippen molar-refractivity contribution in [3.63, 3.8) is 0 Å². The molecule has 3 heteroatoms. The average Bonchev–Trinajstić information content (AvgIpc) is 2.30. The Bertz CT molecular complexity index is 346. The van der Waals surface area contributed by atoms with Crippen LogP contribution in [0.4, 0.5) is 8.78 Å². The monoisotopic (exact) mass is 227 g/mol. The zero-order valence-electron chi connectivity index (χ0n) is 10.1. The van der Waals surface area contributed by atoms with E-state index in [1.807, 2.05) is 0 Å². The maximum Gasteiger partial charge on any atom is 0.127 e. The Labute approximate surface area is 95.9 Å². The number of nitrogens with one attached hydrogen (secondary N) is 1. The van der Waals surface area contributed by atoms with Gasteiger partial charge in [-0.15, -0.1) is 0 Å². The third kappa shape index (κ3) is 3.27. The van der Waals surface area contributed by atoms with Crippen LogP contribution >= 0.6 is 0 Å². The summed E-state index contributed by atoms with van der Waals surface area (Å²) >= 11 is 0. The van der Waals surface area contributed by atoms with Crippen LogP contribution in [0.15, 0.2) is 18.2 Å². The number of halogens is 2. The number of hydrogen-bond acceptors (Lipinski definition) is 1. The first-order valence-corrected chi connectivity index (χ1v) is 5.69. The molecule has 0 aliphatic rings. The zero-order chi connectivity index (χ0) is 12.2. The van der Waals surface area contributed by atoms with Gasteiger partial charge < -0.3 is 5.32 Å². The van der Waals surface area contributed by atoms with Crippen molar-refractivity contribution in [1.29, 1.82) is 0 Å². The molecule has 16 heavy (non-hydrogen) atoms. The number of benzene rings is 1. The molecule has 0 saturated carbocycles. The zero-order valence-corrected chi connectivity index (χ0v) is 10.1. The van der Waals surface area contributed by atoms with Gasteiger partial charge in [-0.1, -0.05) is 13.8 Å². The quantitative estimate of drug-likeness (QED) is 0.810. The summed E-state index contributed by atoms with van der Waals surface area (Å²) < 4.78 is 26.3. The van der Waals surface area contributed by atoms with Crippen molar-refractivity contribution in [2.45, 2.75) is 45.7 Å². The lowest BCUT2D eigenvalue weighted by atomic mass is 9.95. The fourth-order valence-corrected chi connectivity index (χ4v) is 1.49. The van der Waals surface area contributed by atoms with E-state index in [2.05, 4.69) is 26.1 Å². The van der Waals surface area contributed by atoms with Gasteiger partial charge in [-0.3, -0.25) is 0 Å². The highest BCUT2D eigenvalue weighted by Gasteiger charge is 2.18. The van der Waals surface area contributed by atoms with Gasteiger partial charge in [-0.25, -0.2) is 8.78 Å². The first kappa shape index (κ1) is 13.1. The van der Waals surface area contributed by atoms with Crippen LogP contribution in [-0.4, -0.2) is 5.54 Å². The first-order chi connectivity index (χ1) is 7.50. The van der Waals surface area contributed by atoms with Crippen molar-refractivity contribution < 1.29 is 8.78 Å². The molecule has 0 aliphatic carbocycles. The van der Waals surface area contributed by atoms with Gasteiger partial charge in [-0.2, -0.15) is 0 Å². The molecule has 0 aliphatic heterocycles. The van der Waals surface area contributed by atoms with Crippen molar-refractivity contribution in [3.05, 3.63) is 35.4 Å².